The van der Waals surface area contributed by atoms with Crippen LogP contribution >= 0.6 is 0 Å². The van der Waals surface area contributed by atoms with E-state index in [4.69, 9.17) is 4.42 Å². The Morgan fingerprint density at radius 3 is 2.81 bits per heavy atom. The molecule has 4 heteroatoms. The van der Waals surface area contributed by atoms with Gasteiger partial charge in [0.15, 0.2) is 5.76 Å². The number of hydrogen-bond acceptors (Lipinski definition) is 4. The highest BCUT2D eigenvalue weighted by molar-refractivity contribution is 5.94. The number of carbonyl (C=O) groups is 1. The van der Waals surface area contributed by atoms with E-state index in [2.05, 4.69) is 4.90 Å². The molecule has 1 saturated heterocycles. The third-order valence-corrected chi connectivity index (χ3v) is 3.10. The van der Waals surface area contributed by atoms with Crippen molar-refractivity contribution in [3.05, 3.63) is 24.2 Å². The summed E-state index contributed by atoms with van der Waals surface area (Å²) in [5, 5.41) is 9.78. The zero-order chi connectivity index (χ0) is 11.6. The lowest BCUT2D eigenvalue weighted by molar-refractivity contribution is -0.00436. The summed E-state index contributed by atoms with van der Waals surface area (Å²) in [6, 6.07) is 3.40. The van der Waals surface area contributed by atoms with Gasteiger partial charge in [0.2, 0.25) is 5.78 Å². The van der Waals surface area contributed by atoms with Gasteiger partial charge in [-0.15, -0.1) is 0 Å². The van der Waals surface area contributed by atoms with Gasteiger partial charge in [-0.3, -0.25) is 9.69 Å². The molecule has 0 bridgehead atoms. The van der Waals surface area contributed by atoms with Gasteiger partial charge in [0.05, 0.1) is 18.4 Å². The molecule has 1 N–H and O–H groups in total. The second-order valence-electron chi connectivity index (χ2n) is 4.67. The highest BCUT2D eigenvalue weighted by Gasteiger charge is 2.28. The van der Waals surface area contributed by atoms with Crippen molar-refractivity contribution in [2.75, 3.05) is 19.6 Å². The third-order valence-electron chi connectivity index (χ3n) is 3.10. The first-order valence-electron chi connectivity index (χ1n) is 5.58. The van der Waals surface area contributed by atoms with Gasteiger partial charge in [-0.1, -0.05) is 0 Å². The van der Waals surface area contributed by atoms with Crippen molar-refractivity contribution < 1.29 is 14.3 Å². The SMILES string of the molecule is CC1(O)CCN(CC(=O)c2ccco2)CC1. The van der Waals surface area contributed by atoms with Crippen LogP contribution in [0.25, 0.3) is 0 Å². The summed E-state index contributed by atoms with van der Waals surface area (Å²) in [6.45, 7) is 3.75. The van der Waals surface area contributed by atoms with E-state index in [0.717, 1.165) is 25.9 Å². The molecule has 1 aromatic heterocycles. The predicted molar refractivity (Wildman–Crippen MR) is 59.3 cm³/mol. The van der Waals surface area contributed by atoms with Crippen molar-refractivity contribution >= 4 is 5.78 Å². The van der Waals surface area contributed by atoms with Gasteiger partial charge < -0.3 is 9.52 Å². The molecule has 2 rings (SSSR count). The lowest BCUT2D eigenvalue weighted by atomic mass is 9.94. The monoisotopic (exact) mass is 223 g/mol. The lowest BCUT2D eigenvalue weighted by Gasteiger charge is -2.35. The summed E-state index contributed by atoms with van der Waals surface area (Å²) in [5.41, 5.74) is -0.565. The Hall–Kier alpha value is -1.13. The summed E-state index contributed by atoms with van der Waals surface area (Å²) >= 11 is 0. The summed E-state index contributed by atoms with van der Waals surface area (Å²) in [6.07, 6.45) is 2.95. The minimum absolute atomic E-state index is 0.00606. The van der Waals surface area contributed by atoms with E-state index >= 15 is 0 Å². The fraction of sp³-hybridized carbons (Fsp3) is 0.583. The minimum Gasteiger partial charge on any atom is -0.461 e. The van der Waals surface area contributed by atoms with Crippen molar-refractivity contribution in [2.24, 2.45) is 0 Å². The quantitative estimate of drug-likeness (QED) is 0.785. The zero-order valence-corrected chi connectivity index (χ0v) is 9.48. The van der Waals surface area contributed by atoms with Crippen LogP contribution in [0.4, 0.5) is 0 Å². The maximum absolute atomic E-state index is 11.7. The number of aliphatic hydroxyl groups is 1. The molecule has 1 aliphatic rings. The number of likely N-dealkylation sites (tertiary alicyclic amines) is 1. The van der Waals surface area contributed by atoms with Gasteiger partial charge in [0.25, 0.3) is 0 Å². The second-order valence-corrected chi connectivity index (χ2v) is 4.67. The number of rotatable bonds is 3. The molecular weight excluding hydrogens is 206 g/mol. The molecule has 0 spiro atoms. The number of carbonyl (C=O) groups excluding carboxylic acids is 1. The topological polar surface area (TPSA) is 53.7 Å². The molecule has 0 saturated carbocycles. The standard InChI is InChI=1S/C12H17NO3/c1-12(15)4-6-13(7-5-12)9-10(14)11-3-2-8-16-11/h2-3,8,15H,4-7,9H2,1H3. The highest BCUT2D eigenvalue weighted by atomic mass is 16.3. The molecule has 0 aliphatic carbocycles. The van der Waals surface area contributed by atoms with Crippen molar-refractivity contribution in [3.63, 3.8) is 0 Å². The normalized spacial score (nSPS) is 20.9. The van der Waals surface area contributed by atoms with E-state index in [1.165, 1.54) is 6.26 Å². The summed E-state index contributed by atoms with van der Waals surface area (Å²) in [4.78, 5) is 13.8. The van der Waals surface area contributed by atoms with Crippen LogP contribution in [0.3, 0.4) is 0 Å². The molecule has 4 nitrogen and oxygen atoms in total. The van der Waals surface area contributed by atoms with Crippen LogP contribution in [0.15, 0.2) is 22.8 Å². The number of ketones is 1. The maximum atomic E-state index is 11.7. The number of furan rings is 1. The molecule has 1 fully saturated rings. The molecule has 0 radical (unpaired) electrons. The van der Waals surface area contributed by atoms with Crippen molar-refractivity contribution in [1.29, 1.82) is 0 Å². The molecule has 1 aliphatic heterocycles. The second kappa shape index (κ2) is 4.39. The van der Waals surface area contributed by atoms with E-state index in [9.17, 15) is 9.90 Å². The van der Waals surface area contributed by atoms with Gasteiger partial charge in [0, 0.05) is 13.1 Å². The van der Waals surface area contributed by atoms with E-state index in [0.29, 0.717) is 12.3 Å². The van der Waals surface area contributed by atoms with E-state index in [1.807, 2.05) is 6.92 Å². The molecule has 1 aromatic rings. The number of nitrogens with zero attached hydrogens (tertiary/aromatic N) is 1. The smallest absolute Gasteiger partial charge is 0.211 e. The Balaban J connectivity index is 1.85. The minimum atomic E-state index is -0.565. The summed E-state index contributed by atoms with van der Waals surface area (Å²) in [5.74, 6) is 0.420. The average molecular weight is 223 g/mol. The molecular formula is C12H17NO3. The molecule has 0 atom stereocenters. The van der Waals surface area contributed by atoms with Crippen LogP contribution in [0.2, 0.25) is 0 Å². The third kappa shape index (κ3) is 2.71. The summed E-state index contributed by atoms with van der Waals surface area (Å²) < 4.78 is 5.05. The van der Waals surface area contributed by atoms with E-state index < -0.39 is 5.60 Å². The van der Waals surface area contributed by atoms with Gasteiger partial charge in [-0.05, 0) is 31.9 Å². The average Bonchev–Trinajstić information content (AvgIpc) is 2.74. The van der Waals surface area contributed by atoms with Crippen LogP contribution in [-0.4, -0.2) is 41.0 Å². The van der Waals surface area contributed by atoms with Crippen molar-refractivity contribution in [3.8, 4) is 0 Å². The van der Waals surface area contributed by atoms with Gasteiger partial charge in [-0.25, -0.2) is 0 Å². The molecule has 0 unspecified atom stereocenters. The largest absolute Gasteiger partial charge is 0.461 e. The molecule has 16 heavy (non-hydrogen) atoms. The van der Waals surface area contributed by atoms with Crippen LogP contribution in [-0.2, 0) is 0 Å². The zero-order valence-electron chi connectivity index (χ0n) is 9.48. The van der Waals surface area contributed by atoms with E-state index in [-0.39, 0.29) is 5.78 Å². The fourth-order valence-electron chi connectivity index (χ4n) is 1.91. The first-order chi connectivity index (χ1) is 7.57. The Morgan fingerprint density at radius 1 is 1.56 bits per heavy atom. The Labute approximate surface area is 94.9 Å². The predicted octanol–water partition coefficient (Wildman–Crippen LogP) is 1.31. The molecule has 0 aromatic carbocycles. The van der Waals surface area contributed by atoms with Gasteiger partial charge in [0.1, 0.15) is 0 Å². The summed E-state index contributed by atoms with van der Waals surface area (Å²) in [7, 11) is 0. The Bertz CT molecular complexity index is 346. The van der Waals surface area contributed by atoms with Gasteiger partial charge >= 0.3 is 0 Å². The van der Waals surface area contributed by atoms with Crippen molar-refractivity contribution in [1.82, 2.24) is 4.90 Å². The van der Waals surface area contributed by atoms with Crippen LogP contribution < -0.4 is 0 Å². The maximum Gasteiger partial charge on any atom is 0.211 e. The molecule has 2 heterocycles. The highest BCUT2D eigenvalue weighted by Crippen LogP contribution is 2.21. The first kappa shape index (κ1) is 11.4. The molecule has 0 amide bonds. The van der Waals surface area contributed by atoms with E-state index in [1.54, 1.807) is 12.1 Å². The lowest BCUT2D eigenvalue weighted by Crippen LogP contribution is -2.44. The Morgan fingerprint density at radius 2 is 2.25 bits per heavy atom. The Kier molecular flexibility index (Phi) is 3.12. The van der Waals surface area contributed by atoms with Crippen molar-refractivity contribution in [2.45, 2.75) is 25.4 Å². The van der Waals surface area contributed by atoms with Gasteiger partial charge in [-0.2, -0.15) is 0 Å². The van der Waals surface area contributed by atoms with Crippen LogP contribution in [0.5, 0.6) is 0 Å². The number of Topliss-reactive ketones (excluding diaryl/α,β-unsaturated/α-hetero) is 1. The number of piperidine rings is 1. The van der Waals surface area contributed by atoms with Crippen LogP contribution in [0.1, 0.15) is 30.3 Å². The first-order valence-corrected chi connectivity index (χ1v) is 5.58. The fourth-order valence-corrected chi connectivity index (χ4v) is 1.91. The molecule has 88 valence electrons. The number of hydrogen-bond donors (Lipinski definition) is 1. The van der Waals surface area contributed by atoms with Crippen LogP contribution in [0, 0.1) is 0 Å².